The van der Waals surface area contributed by atoms with Gasteiger partial charge in [0.15, 0.2) is 0 Å². The first-order valence-corrected chi connectivity index (χ1v) is 10.8. The largest absolute Gasteiger partial charge is 0.434 e. The van der Waals surface area contributed by atoms with Crippen molar-refractivity contribution < 1.29 is 26.0 Å². The maximum Gasteiger partial charge on any atom is 0.434 e. The molecular weight excluding hydrogens is 425 g/mol. The van der Waals surface area contributed by atoms with Gasteiger partial charge < -0.3 is 4.42 Å². The monoisotopic (exact) mass is 448 g/mol. The predicted octanol–water partition coefficient (Wildman–Crippen LogP) is 2.53. The highest BCUT2D eigenvalue weighted by atomic mass is 32.2. The molecule has 1 aromatic carbocycles. The Morgan fingerprint density at radius 2 is 1.90 bits per heavy atom. The normalized spacial score (nSPS) is 19.5. The zero-order chi connectivity index (χ0) is 22.3. The molecule has 1 aromatic heterocycles. The molecule has 166 valence electrons. The first kappa shape index (κ1) is 22.5. The molecule has 0 unspecified atom stereocenters. The van der Waals surface area contributed by atoms with Gasteiger partial charge >= 0.3 is 5.76 Å². The number of halogens is 3. The lowest BCUT2D eigenvalue weighted by atomic mass is 9.88. The molecule has 2 atom stereocenters. The zero-order valence-electron chi connectivity index (χ0n) is 16.7. The van der Waals surface area contributed by atoms with E-state index in [2.05, 4.69) is 14.9 Å². The van der Waals surface area contributed by atoms with Crippen LogP contribution in [0.15, 0.2) is 21.3 Å². The second kappa shape index (κ2) is 8.16. The van der Waals surface area contributed by atoms with E-state index in [1.54, 1.807) is 26.8 Å². The fraction of sp³-hybridized carbons (Fsp3) is 0.556. The van der Waals surface area contributed by atoms with E-state index in [9.17, 15) is 26.4 Å². The van der Waals surface area contributed by atoms with E-state index in [0.29, 0.717) is 5.56 Å². The molecule has 0 saturated carbocycles. The fourth-order valence-corrected chi connectivity index (χ4v) is 5.00. The molecule has 0 amide bonds. The van der Waals surface area contributed by atoms with Crippen LogP contribution in [0.25, 0.3) is 0 Å². The zero-order valence-corrected chi connectivity index (χ0v) is 17.5. The third-order valence-electron chi connectivity index (χ3n) is 5.48. The van der Waals surface area contributed by atoms with E-state index < -0.39 is 52.5 Å². The molecule has 12 heteroatoms. The smallest absolute Gasteiger partial charge is 0.391 e. The number of nitrogens with one attached hydrogen (secondary N) is 2. The van der Waals surface area contributed by atoms with Gasteiger partial charge in [-0.25, -0.2) is 23.1 Å². The second-order valence-corrected chi connectivity index (χ2v) is 9.20. The molecule has 0 aliphatic carbocycles. The Kier molecular flexibility index (Phi) is 6.12. The van der Waals surface area contributed by atoms with Gasteiger partial charge in [-0.1, -0.05) is 13.0 Å². The SMILES string of the molecule is Cc1ccc(F)c([C@@H](C)[C@H](NS(=O)(=O)N2CCC(F)(F)CC2)c2n[nH]c(=O)o2)c1C. The summed E-state index contributed by atoms with van der Waals surface area (Å²) in [5.41, 5.74) is 1.64. The summed E-state index contributed by atoms with van der Waals surface area (Å²) in [6.07, 6.45) is -1.20. The molecule has 2 heterocycles. The number of H-pyrrole nitrogens is 1. The topological polar surface area (TPSA) is 108 Å². The first-order chi connectivity index (χ1) is 13.9. The highest BCUT2D eigenvalue weighted by Gasteiger charge is 2.40. The number of aromatic amines is 1. The van der Waals surface area contributed by atoms with Crippen molar-refractivity contribution in [3.8, 4) is 0 Å². The summed E-state index contributed by atoms with van der Waals surface area (Å²) in [4.78, 5) is 11.5. The van der Waals surface area contributed by atoms with Crippen molar-refractivity contribution >= 4 is 10.2 Å². The lowest BCUT2D eigenvalue weighted by Crippen LogP contribution is -2.49. The number of hydrogen-bond acceptors (Lipinski definition) is 5. The third kappa shape index (κ3) is 4.60. The fourth-order valence-electron chi connectivity index (χ4n) is 3.56. The Bertz CT molecular complexity index is 1070. The van der Waals surface area contributed by atoms with Crippen LogP contribution in [0.1, 0.15) is 54.3 Å². The minimum Gasteiger partial charge on any atom is -0.391 e. The molecule has 2 aromatic rings. The molecule has 8 nitrogen and oxygen atoms in total. The summed E-state index contributed by atoms with van der Waals surface area (Å²) < 4.78 is 75.5. The third-order valence-corrected chi connectivity index (χ3v) is 7.08. The standard InChI is InChI=1S/C18H23F3N4O4S/c1-10-4-5-13(19)14(11(10)2)12(3)15(16-22-23-17(26)29-16)24-30(27,28)25-8-6-18(20,21)7-9-25/h4-5,12,15,24H,6-9H2,1-3H3,(H,23,26)/t12-,15+/m1/s1. The van der Waals surface area contributed by atoms with Gasteiger partial charge in [-0.2, -0.15) is 17.4 Å². The Labute approximate surface area is 171 Å². The van der Waals surface area contributed by atoms with Crippen LogP contribution in [0.5, 0.6) is 0 Å². The van der Waals surface area contributed by atoms with E-state index in [4.69, 9.17) is 4.42 Å². The van der Waals surface area contributed by atoms with Crippen molar-refractivity contribution in [2.75, 3.05) is 13.1 Å². The van der Waals surface area contributed by atoms with E-state index in [1.165, 1.54) is 6.07 Å². The first-order valence-electron chi connectivity index (χ1n) is 9.37. The molecule has 0 bridgehead atoms. The van der Waals surface area contributed by atoms with Crippen molar-refractivity contribution in [2.45, 2.75) is 51.5 Å². The summed E-state index contributed by atoms with van der Waals surface area (Å²) in [5.74, 6) is -5.47. The van der Waals surface area contributed by atoms with Gasteiger partial charge in [-0.05, 0) is 36.6 Å². The van der Waals surface area contributed by atoms with Crippen molar-refractivity contribution in [2.24, 2.45) is 0 Å². The molecule has 1 saturated heterocycles. The number of aromatic nitrogens is 2. The number of rotatable bonds is 6. The highest BCUT2D eigenvalue weighted by Crippen LogP contribution is 2.35. The summed E-state index contributed by atoms with van der Waals surface area (Å²) in [6.45, 7) is 4.31. The number of piperidine rings is 1. The molecular formula is C18H23F3N4O4S. The number of alkyl halides is 2. The van der Waals surface area contributed by atoms with Gasteiger partial charge in [0.1, 0.15) is 11.9 Å². The Hall–Kier alpha value is -2.18. The van der Waals surface area contributed by atoms with Gasteiger partial charge in [0.05, 0.1) is 0 Å². The summed E-state index contributed by atoms with van der Waals surface area (Å²) in [5, 5.41) is 5.76. The van der Waals surface area contributed by atoms with Gasteiger partial charge in [0.2, 0.25) is 5.89 Å². The van der Waals surface area contributed by atoms with Crippen molar-refractivity contribution in [1.29, 1.82) is 0 Å². The van der Waals surface area contributed by atoms with Gasteiger partial charge in [0, 0.05) is 31.8 Å². The van der Waals surface area contributed by atoms with Crippen LogP contribution >= 0.6 is 0 Å². The molecule has 1 aliphatic rings. The Balaban J connectivity index is 1.97. The van der Waals surface area contributed by atoms with E-state index >= 15 is 0 Å². The number of benzene rings is 1. The van der Waals surface area contributed by atoms with E-state index in [0.717, 1.165) is 9.87 Å². The molecule has 0 spiro atoms. The number of nitrogens with zero attached hydrogens (tertiary/aromatic N) is 2. The van der Waals surface area contributed by atoms with E-state index in [1.807, 2.05) is 0 Å². The Morgan fingerprint density at radius 1 is 1.27 bits per heavy atom. The average molecular weight is 448 g/mol. The van der Waals surface area contributed by atoms with Crippen LogP contribution in [0, 0.1) is 19.7 Å². The van der Waals surface area contributed by atoms with Crippen molar-refractivity contribution in [3.63, 3.8) is 0 Å². The minimum atomic E-state index is -4.25. The van der Waals surface area contributed by atoms with Crippen LogP contribution in [0.2, 0.25) is 0 Å². The van der Waals surface area contributed by atoms with Crippen molar-refractivity contribution in [3.05, 3.63) is 51.1 Å². The Morgan fingerprint density at radius 3 is 2.47 bits per heavy atom. The van der Waals surface area contributed by atoms with Gasteiger partial charge in [0.25, 0.3) is 16.1 Å². The quantitative estimate of drug-likeness (QED) is 0.706. The van der Waals surface area contributed by atoms with Gasteiger partial charge in [-0.15, -0.1) is 5.10 Å². The minimum absolute atomic E-state index is 0.235. The maximum atomic E-state index is 14.6. The van der Waals surface area contributed by atoms with Crippen LogP contribution in [0.4, 0.5) is 13.2 Å². The molecule has 0 radical (unpaired) electrons. The lowest BCUT2D eigenvalue weighted by molar-refractivity contribution is -0.0414. The van der Waals surface area contributed by atoms with Crippen LogP contribution in [0.3, 0.4) is 0 Å². The van der Waals surface area contributed by atoms with Crippen LogP contribution in [-0.4, -0.2) is 41.9 Å². The number of hydrogen-bond donors (Lipinski definition) is 2. The summed E-state index contributed by atoms with van der Waals surface area (Å²) >= 11 is 0. The summed E-state index contributed by atoms with van der Waals surface area (Å²) in [6, 6.07) is 1.63. The average Bonchev–Trinajstić information content (AvgIpc) is 3.09. The lowest BCUT2D eigenvalue weighted by Gasteiger charge is -2.33. The summed E-state index contributed by atoms with van der Waals surface area (Å²) in [7, 11) is -4.25. The maximum absolute atomic E-state index is 14.6. The van der Waals surface area contributed by atoms with Crippen LogP contribution in [-0.2, 0) is 10.2 Å². The number of aryl methyl sites for hydroxylation is 1. The molecule has 30 heavy (non-hydrogen) atoms. The second-order valence-electron chi connectivity index (χ2n) is 7.50. The van der Waals surface area contributed by atoms with Gasteiger partial charge in [-0.3, -0.25) is 0 Å². The predicted molar refractivity (Wildman–Crippen MR) is 102 cm³/mol. The highest BCUT2D eigenvalue weighted by molar-refractivity contribution is 7.87. The molecule has 1 fully saturated rings. The van der Waals surface area contributed by atoms with E-state index in [-0.39, 0.29) is 24.5 Å². The van der Waals surface area contributed by atoms with Crippen molar-refractivity contribution in [1.82, 2.24) is 19.2 Å². The molecule has 1 aliphatic heterocycles. The van der Waals surface area contributed by atoms with Crippen LogP contribution < -0.4 is 10.5 Å². The molecule has 3 rings (SSSR count). The molecule has 2 N–H and O–H groups in total.